The van der Waals surface area contributed by atoms with Crippen molar-refractivity contribution in [1.82, 2.24) is 10.3 Å². The maximum absolute atomic E-state index is 10.6. The molecule has 1 heterocycles. The number of nitrogens with one attached hydrogen (secondary N) is 1. The Hall–Kier alpha value is -1.91. The highest BCUT2D eigenvalue weighted by Gasteiger charge is 2.16. The molecule has 0 bridgehead atoms. The summed E-state index contributed by atoms with van der Waals surface area (Å²) in [6.07, 6.45) is 2.14. The third-order valence-electron chi connectivity index (χ3n) is 1.71. The molecule has 0 aliphatic rings. The minimum Gasteiger partial charge on any atom is -0.480 e. The van der Waals surface area contributed by atoms with Gasteiger partial charge in [-0.25, -0.2) is 4.79 Å². The van der Waals surface area contributed by atoms with Crippen LogP contribution in [0.2, 0.25) is 0 Å². The van der Waals surface area contributed by atoms with Crippen molar-refractivity contribution in [3.63, 3.8) is 0 Å². The number of pyridine rings is 1. The normalized spacial score (nSPS) is 11.7. The van der Waals surface area contributed by atoms with E-state index in [1.54, 1.807) is 24.4 Å². The van der Waals surface area contributed by atoms with Crippen LogP contribution in [-0.4, -0.2) is 28.5 Å². The maximum atomic E-state index is 10.6. The van der Waals surface area contributed by atoms with Crippen LogP contribution in [-0.2, 0) is 16.0 Å². The molecule has 5 heteroatoms. The summed E-state index contributed by atoms with van der Waals surface area (Å²) in [4.78, 5) is 24.7. The second-order valence-electron chi connectivity index (χ2n) is 2.70. The first-order chi connectivity index (χ1) is 6.74. The minimum absolute atomic E-state index is 0.189. The lowest BCUT2D eigenvalue weighted by Crippen LogP contribution is -2.37. The van der Waals surface area contributed by atoms with Crippen LogP contribution in [0.25, 0.3) is 0 Å². The molecular weight excluding hydrogens is 184 g/mol. The third-order valence-corrected chi connectivity index (χ3v) is 1.71. The zero-order valence-corrected chi connectivity index (χ0v) is 7.38. The highest BCUT2D eigenvalue weighted by atomic mass is 16.4. The number of hydrogen-bond acceptors (Lipinski definition) is 3. The zero-order valence-electron chi connectivity index (χ0n) is 7.38. The Bertz CT molecular complexity index is 313. The van der Waals surface area contributed by atoms with Gasteiger partial charge in [-0.1, -0.05) is 6.07 Å². The molecule has 74 valence electrons. The van der Waals surface area contributed by atoms with Gasteiger partial charge < -0.3 is 10.4 Å². The van der Waals surface area contributed by atoms with Crippen molar-refractivity contribution in [3.8, 4) is 0 Å². The van der Waals surface area contributed by atoms with Gasteiger partial charge in [-0.2, -0.15) is 0 Å². The molecule has 0 saturated carbocycles. The van der Waals surface area contributed by atoms with E-state index < -0.39 is 12.0 Å². The number of carbonyl (C=O) groups is 2. The number of carbonyl (C=O) groups excluding carboxylic acids is 1. The van der Waals surface area contributed by atoms with Gasteiger partial charge in [0.05, 0.1) is 0 Å². The van der Waals surface area contributed by atoms with E-state index in [0.29, 0.717) is 12.1 Å². The molecule has 0 fully saturated rings. The van der Waals surface area contributed by atoms with Gasteiger partial charge in [-0.15, -0.1) is 0 Å². The average molecular weight is 194 g/mol. The van der Waals surface area contributed by atoms with E-state index in [0.717, 1.165) is 0 Å². The maximum Gasteiger partial charge on any atom is 0.326 e. The van der Waals surface area contributed by atoms with Crippen molar-refractivity contribution in [2.75, 3.05) is 0 Å². The number of rotatable bonds is 5. The fraction of sp³-hybridized carbons (Fsp3) is 0.222. The quantitative estimate of drug-likeness (QED) is 0.637. The van der Waals surface area contributed by atoms with Gasteiger partial charge >= 0.3 is 5.97 Å². The van der Waals surface area contributed by atoms with Crippen molar-refractivity contribution < 1.29 is 14.7 Å². The minimum atomic E-state index is -1.07. The van der Waals surface area contributed by atoms with Crippen molar-refractivity contribution >= 4 is 12.4 Å². The fourth-order valence-electron chi connectivity index (χ4n) is 1.03. The molecule has 1 unspecified atom stereocenters. The van der Waals surface area contributed by atoms with E-state index in [1.165, 1.54) is 0 Å². The predicted molar refractivity (Wildman–Crippen MR) is 48.6 cm³/mol. The Morgan fingerprint density at radius 3 is 2.93 bits per heavy atom. The van der Waals surface area contributed by atoms with Crippen LogP contribution in [0.4, 0.5) is 0 Å². The largest absolute Gasteiger partial charge is 0.480 e. The average Bonchev–Trinajstić information content (AvgIpc) is 2.18. The van der Waals surface area contributed by atoms with Gasteiger partial charge in [0.1, 0.15) is 6.04 Å². The lowest BCUT2D eigenvalue weighted by molar-refractivity contribution is -0.140. The number of nitrogens with zero attached hydrogens (tertiary/aromatic N) is 1. The predicted octanol–water partition coefficient (Wildman–Crippen LogP) is -0.177. The molecular formula is C9H10N2O3. The molecule has 0 radical (unpaired) electrons. The summed E-state index contributed by atoms with van der Waals surface area (Å²) >= 11 is 0. The molecule has 2 N–H and O–H groups in total. The van der Waals surface area contributed by atoms with Gasteiger partial charge in [0.2, 0.25) is 6.41 Å². The van der Waals surface area contributed by atoms with Gasteiger partial charge in [0.25, 0.3) is 0 Å². The first-order valence-corrected chi connectivity index (χ1v) is 4.06. The number of aromatic nitrogens is 1. The van der Waals surface area contributed by atoms with E-state index in [4.69, 9.17) is 5.11 Å². The molecule has 1 amide bonds. The molecule has 0 spiro atoms. The Morgan fingerprint density at radius 1 is 1.64 bits per heavy atom. The van der Waals surface area contributed by atoms with Crippen molar-refractivity contribution in [2.24, 2.45) is 0 Å². The van der Waals surface area contributed by atoms with E-state index in [1.807, 2.05) is 0 Å². The number of aliphatic carboxylic acids is 1. The first kappa shape index (κ1) is 10.2. The van der Waals surface area contributed by atoms with Crippen molar-refractivity contribution in [3.05, 3.63) is 30.1 Å². The van der Waals surface area contributed by atoms with Crippen molar-refractivity contribution in [1.29, 1.82) is 0 Å². The summed E-state index contributed by atoms with van der Waals surface area (Å²) < 4.78 is 0. The molecule has 5 nitrogen and oxygen atoms in total. The van der Waals surface area contributed by atoms with Crippen LogP contribution in [0.15, 0.2) is 24.4 Å². The lowest BCUT2D eigenvalue weighted by atomic mass is 10.1. The standard InChI is InChI=1S/C9H10N2O3/c12-6-11-8(9(13)14)5-7-3-1-2-4-10-7/h1-4,6,8H,5H2,(H,11,12)(H,13,14). The molecule has 0 saturated heterocycles. The molecule has 14 heavy (non-hydrogen) atoms. The SMILES string of the molecule is O=CNC(Cc1ccccn1)C(=O)O. The Morgan fingerprint density at radius 2 is 2.43 bits per heavy atom. The van der Waals surface area contributed by atoms with Crippen LogP contribution in [0.5, 0.6) is 0 Å². The summed E-state index contributed by atoms with van der Waals surface area (Å²) in [5.74, 6) is -1.07. The second kappa shape index (κ2) is 4.96. The van der Waals surface area contributed by atoms with E-state index in [-0.39, 0.29) is 6.42 Å². The number of hydrogen-bond donors (Lipinski definition) is 2. The molecule has 0 aliphatic carbocycles. The van der Waals surface area contributed by atoms with Crippen molar-refractivity contribution in [2.45, 2.75) is 12.5 Å². The number of amides is 1. The lowest BCUT2D eigenvalue weighted by Gasteiger charge is -2.09. The van der Waals surface area contributed by atoms with E-state index in [2.05, 4.69) is 10.3 Å². The van der Waals surface area contributed by atoms with Crippen LogP contribution in [0, 0.1) is 0 Å². The third kappa shape index (κ3) is 2.85. The Kier molecular flexibility index (Phi) is 3.60. The number of carboxylic acid groups (broad SMARTS) is 1. The van der Waals surface area contributed by atoms with Gasteiger partial charge in [0, 0.05) is 18.3 Å². The summed E-state index contributed by atoms with van der Waals surface area (Å²) in [6, 6.07) is 4.30. The highest BCUT2D eigenvalue weighted by Crippen LogP contribution is 1.98. The molecule has 1 aromatic heterocycles. The molecule has 1 aromatic rings. The van der Waals surface area contributed by atoms with Gasteiger partial charge in [0.15, 0.2) is 0 Å². The smallest absolute Gasteiger partial charge is 0.326 e. The fourth-order valence-corrected chi connectivity index (χ4v) is 1.03. The van der Waals surface area contributed by atoms with Gasteiger partial charge in [-0.05, 0) is 12.1 Å². The summed E-state index contributed by atoms with van der Waals surface area (Å²) in [6.45, 7) is 0. The topological polar surface area (TPSA) is 79.3 Å². The molecule has 1 atom stereocenters. The zero-order chi connectivity index (χ0) is 10.4. The van der Waals surface area contributed by atoms with E-state index >= 15 is 0 Å². The van der Waals surface area contributed by atoms with Crippen LogP contribution in [0.1, 0.15) is 5.69 Å². The first-order valence-electron chi connectivity index (χ1n) is 4.06. The number of carboxylic acids is 1. The summed E-state index contributed by atoms with van der Waals surface area (Å²) in [7, 11) is 0. The van der Waals surface area contributed by atoms with Crippen LogP contribution in [0.3, 0.4) is 0 Å². The second-order valence-corrected chi connectivity index (χ2v) is 2.70. The molecule has 1 rings (SSSR count). The molecule has 0 aromatic carbocycles. The monoisotopic (exact) mass is 194 g/mol. The summed E-state index contributed by atoms with van der Waals surface area (Å²) in [5, 5.41) is 10.9. The Balaban J connectivity index is 2.64. The summed E-state index contributed by atoms with van der Waals surface area (Å²) in [5.41, 5.74) is 0.634. The Labute approximate surface area is 80.8 Å². The van der Waals surface area contributed by atoms with Crippen LogP contribution >= 0.6 is 0 Å². The molecule has 0 aliphatic heterocycles. The van der Waals surface area contributed by atoms with Gasteiger partial charge in [-0.3, -0.25) is 9.78 Å². The van der Waals surface area contributed by atoms with E-state index in [9.17, 15) is 9.59 Å². The van der Waals surface area contributed by atoms with Crippen LogP contribution < -0.4 is 5.32 Å². The highest BCUT2D eigenvalue weighted by molar-refractivity contribution is 5.76.